The predicted molar refractivity (Wildman–Crippen MR) is 80.2 cm³/mol. The molecule has 1 N–H and O–H groups in total. The van der Waals surface area contributed by atoms with Gasteiger partial charge in [0.1, 0.15) is 12.4 Å². The van der Waals surface area contributed by atoms with Crippen molar-refractivity contribution in [2.45, 2.75) is 31.1 Å². The van der Waals surface area contributed by atoms with Gasteiger partial charge in [-0.2, -0.15) is 0 Å². The number of hydrogen-bond acceptors (Lipinski definition) is 5. The lowest BCUT2D eigenvalue weighted by molar-refractivity contribution is -0.127. The average molecular weight is 308 g/mol. The third-order valence-electron chi connectivity index (χ3n) is 4.59. The summed E-state index contributed by atoms with van der Waals surface area (Å²) in [5.74, 6) is 0.978. The molecule has 2 aliphatic heterocycles. The van der Waals surface area contributed by atoms with Gasteiger partial charge in [0.15, 0.2) is 0 Å². The Bertz CT molecular complexity index is 533. The van der Waals surface area contributed by atoms with E-state index in [0.717, 1.165) is 38.3 Å². The average Bonchev–Trinajstić information content (AvgIpc) is 3.21. The Hall–Kier alpha value is -1.44. The first-order chi connectivity index (χ1) is 10.6. The van der Waals surface area contributed by atoms with E-state index < -0.39 is 0 Å². The molecule has 0 radical (unpaired) electrons. The first-order valence-electron chi connectivity index (χ1n) is 7.75. The van der Waals surface area contributed by atoms with Gasteiger partial charge in [0, 0.05) is 46.0 Å². The van der Waals surface area contributed by atoms with Crippen molar-refractivity contribution < 1.29 is 14.3 Å². The summed E-state index contributed by atoms with van der Waals surface area (Å²) in [6.07, 6.45) is 5.69. The van der Waals surface area contributed by atoms with Gasteiger partial charge in [-0.05, 0) is 6.42 Å². The van der Waals surface area contributed by atoms with Gasteiger partial charge in [0.05, 0.1) is 24.9 Å². The van der Waals surface area contributed by atoms with Crippen LogP contribution in [0.25, 0.3) is 0 Å². The molecule has 7 heteroatoms. The predicted octanol–water partition coefficient (Wildman–Crippen LogP) is -0.0839. The van der Waals surface area contributed by atoms with E-state index in [2.05, 4.69) is 19.8 Å². The molecule has 1 aromatic rings. The number of carbonyl (C=O) groups excluding carboxylic acids is 1. The van der Waals surface area contributed by atoms with Gasteiger partial charge in [-0.25, -0.2) is 4.98 Å². The lowest BCUT2D eigenvalue weighted by Crippen LogP contribution is -2.33. The number of rotatable bonds is 5. The minimum absolute atomic E-state index is 0.0189. The van der Waals surface area contributed by atoms with Crippen LogP contribution >= 0.6 is 0 Å². The van der Waals surface area contributed by atoms with E-state index in [9.17, 15) is 4.79 Å². The Morgan fingerprint density at radius 2 is 2.50 bits per heavy atom. The van der Waals surface area contributed by atoms with E-state index in [1.54, 1.807) is 7.05 Å². The largest absolute Gasteiger partial charge is 0.371 e. The number of likely N-dealkylation sites (tertiary alicyclic amines) is 1. The Morgan fingerprint density at radius 1 is 1.64 bits per heavy atom. The molecule has 3 heterocycles. The zero-order valence-electron chi connectivity index (χ0n) is 13.2. The van der Waals surface area contributed by atoms with Gasteiger partial charge in [-0.15, -0.1) is 0 Å². The molecular weight excluding hydrogens is 284 g/mol. The molecule has 3 rings (SSSR count). The fourth-order valence-corrected chi connectivity index (χ4v) is 3.27. The SMILES string of the molecule is CNC(=O)CO[C@H]1CO[C@]2(CCN(Cc3nccn3C)C2)C1. The van der Waals surface area contributed by atoms with Gasteiger partial charge in [0.2, 0.25) is 5.91 Å². The third-order valence-corrected chi connectivity index (χ3v) is 4.59. The topological polar surface area (TPSA) is 68.6 Å². The first kappa shape index (κ1) is 15.5. The Labute approximate surface area is 130 Å². The van der Waals surface area contributed by atoms with E-state index >= 15 is 0 Å². The van der Waals surface area contributed by atoms with Crippen LogP contribution in [0, 0.1) is 0 Å². The Balaban J connectivity index is 1.50. The highest BCUT2D eigenvalue weighted by molar-refractivity contribution is 5.76. The fraction of sp³-hybridized carbons (Fsp3) is 0.733. The van der Waals surface area contributed by atoms with Gasteiger partial charge >= 0.3 is 0 Å². The van der Waals surface area contributed by atoms with E-state index in [1.165, 1.54) is 0 Å². The highest BCUT2D eigenvalue weighted by Crippen LogP contribution is 2.36. The minimum Gasteiger partial charge on any atom is -0.371 e. The van der Waals surface area contributed by atoms with Crippen LogP contribution in [0.1, 0.15) is 18.7 Å². The molecule has 0 saturated carbocycles. The van der Waals surface area contributed by atoms with Crippen molar-refractivity contribution in [3.8, 4) is 0 Å². The van der Waals surface area contributed by atoms with Gasteiger partial charge in [0.25, 0.3) is 0 Å². The van der Waals surface area contributed by atoms with E-state index in [4.69, 9.17) is 9.47 Å². The van der Waals surface area contributed by atoms with Gasteiger partial charge in [-0.3, -0.25) is 9.69 Å². The smallest absolute Gasteiger partial charge is 0.245 e. The molecule has 2 fully saturated rings. The van der Waals surface area contributed by atoms with Crippen molar-refractivity contribution in [2.75, 3.05) is 33.4 Å². The molecule has 1 spiro atoms. The van der Waals surface area contributed by atoms with Crippen molar-refractivity contribution in [1.29, 1.82) is 0 Å². The highest BCUT2D eigenvalue weighted by Gasteiger charge is 2.46. The van der Waals surface area contributed by atoms with Crippen LogP contribution in [0.15, 0.2) is 12.4 Å². The van der Waals surface area contributed by atoms with Crippen LogP contribution in [-0.4, -0.2) is 65.4 Å². The highest BCUT2D eigenvalue weighted by atomic mass is 16.6. The van der Waals surface area contributed by atoms with Crippen molar-refractivity contribution in [2.24, 2.45) is 7.05 Å². The number of carbonyl (C=O) groups is 1. The van der Waals surface area contributed by atoms with Crippen molar-refractivity contribution in [3.63, 3.8) is 0 Å². The lowest BCUT2D eigenvalue weighted by Gasteiger charge is -2.23. The minimum atomic E-state index is -0.113. The second-order valence-corrected chi connectivity index (χ2v) is 6.22. The summed E-state index contributed by atoms with van der Waals surface area (Å²) >= 11 is 0. The summed E-state index contributed by atoms with van der Waals surface area (Å²) in [5, 5.41) is 2.56. The number of aryl methyl sites for hydroxylation is 1. The quantitative estimate of drug-likeness (QED) is 0.824. The first-order valence-corrected chi connectivity index (χ1v) is 7.75. The van der Waals surface area contributed by atoms with Crippen LogP contribution in [0.5, 0.6) is 0 Å². The number of likely N-dealkylation sites (N-methyl/N-ethyl adjacent to an activating group) is 1. The standard InChI is InChI=1S/C15H24N4O3/c1-16-14(20)10-21-12-7-15(22-9-12)3-5-19(11-15)8-13-17-4-6-18(13)2/h4,6,12H,3,5,7-11H2,1-2H3,(H,16,20)/t12-,15-/m1/s1. The third kappa shape index (κ3) is 3.31. The maximum absolute atomic E-state index is 11.2. The monoisotopic (exact) mass is 308 g/mol. The molecule has 1 aromatic heterocycles. The Morgan fingerprint density at radius 3 is 3.23 bits per heavy atom. The normalized spacial score (nSPS) is 28.5. The van der Waals surface area contributed by atoms with Crippen molar-refractivity contribution in [3.05, 3.63) is 18.2 Å². The number of aromatic nitrogens is 2. The fourth-order valence-electron chi connectivity index (χ4n) is 3.27. The molecule has 122 valence electrons. The van der Waals surface area contributed by atoms with E-state index in [-0.39, 0.29) is 24.2 Å². The number of ether oxygens (including phenoxy) is 2. The molecule has 2 atom stereocenters. The van der Waals surface area contributed by atoms with Crippen LogP contribution in [-0.2, 0) is 27.9 Å². The summed E-state index contributed by atoms with van der Waals surface area (Å²) in [7, 11) is 3.63. The molecule has 0 aliphatic carbocycles. The molecule has 2 aliphatic rings. The van der Waals surface area contributed by atoms with Crippen LogP contribution in [0.2, 0.25) is 0 Å². The van der Waals surface area contributed by atoms with E-state index in [1.807, 2.05) is 19.4 Å². The van der Waals surface area contributed by atoms with Gasteiger partial charge in [-0.1, -0.05) is 0 Å². The molecule has 1 amide bonds. The second-order valence-electron chi connectivity index (χ2n) is 6.22. The summed E-state index contributed by atoms with van der Waals surface area (Å²) in [6.45, 7) is 3.44. The van der Waals surface area contributed by atoms with Crippen LogP contribution < -0.4 is 5.32 Å². The second kappa shape index (κ2) is 6.36. The van der Waals surface area contributed by atoms with E-state index in [0.29, 0.717) is 6.61 Å². The van der Waals surface area contributed by atoms with Crippen molar-refractivity contribution >= 4 is 5.91 Å². The maximum atomic E-state index is 11.2. The maximum Gasteiger partial charge on any atom is 0.245 e. The zero-order chi connectivity index (χ0) is 15.6. The molecule has 2 saturated heterocycles. The van der Waals surface area contributed by atoms with Crippen molar-refractivity contribution in [1.82, 2.24) is 19.8 Å². The Kier molecular flexibility index (Phi) is 4.46. The lowest BCUT2D eigenvalue weighted by atomic mass is 9.98. The number of hydrogen-bond donors (Lipinski definition) is 1. The zero-order valence-corrected chi connectivity index (χ0v) is 13.2. The molecule has 7 nitrogen and oxygen atoms in total. The van der Waals surface area contributed by atoms with Crippen LogP contribution in [0.3, 0.4) is 0 Å². The molecule has 0 aromatic carbocycles. The number of amides is 1. The van der Waals surface area contributed by atoms with Gasteiger partial charge < -0.3 is 19.4 Å². The summed E-state index contributed by atoms with van der Waals surface area (Å²) < 4.78 is 13.7. The molecule has 22 heavy (non-hydrogen) atoms. The van der Waals surface area contributed by atoms with Crippen LogP contribution in [0.4, 0.5) is 0 Å². The molecule has 0 unspecified atom stereocenters. The number of imidazole rings is 1. The number of nitrogens with zero attached hydrogens (tertiary/aromatic N) is 3. The molecular formula is C15H24N4O3. The summed E-state index contributed by atoms with van der Waals surface area (Å²) in [5.41, 5.74) is -0.113. The summed E-state index contributed by atoms with van der Waals surface area (Å²) in [6, 6.07) is 0. The summed E-state index contributed by atoms with van der Waals surface area (Å²) in [4.78, 5) is 18.0. The molecule has 0 bridgehead atoms. The number of nitrogens with one attached hydrogen (secondary N) is 1.